The van der Waals surface area contributed by atoms with Crippen LogP contribution >= 0.6 is 11.6 Å². The number of nitrogens with zero attached hydrogens (tertiary/aromatic N) is 1. The fourth-order valence-electron chi connectivity index (χ4n) is 4.39. The average molecular weight is 462 g/mol. The number of piperidine rings is 1. The molecule has 2 N–H and O–H groups in total. The van der Waals surface area contributed by atoms with Gasteiger partial charge in [-0.3, -0.25) is 4.79 Å². The molecule has 1 saturated heterocycles. The van der Waals surface area contributed by atoms with Gasteiger partial charge in [0.05, 0.1) is 22.2 Å². The topological polar surface area (TPSA) is 78.5 Å². The van der Waals surface area contributed by atoms with Crippen molar-refractivity contribution in [2.45, 2.75) is 49.5 Å². The summed E-state index contributed by atoms with van der Waals surface area (Å²) in [5.41, 5.74) is 2.88. The minimum absolute atomic E-state index is 0.123. The van der Waals surface area contributed by atoms with Gasteiger partial charge in [-0.25, -0.2) is 8.42 Å². The van der Waals surface area contributed by atoms with Crippen molar-refractivity contribution < 1.29 is 13.2 Å². The van der Waals surface area contributed by atoms with E-state index in [0.29, 0.717) is 23.8 Å². The van der Waals surface area contributed by atoms with Gasteiger partial charge < -0.3 is 10.6 Å². The second-order valence-corrected chi connectivity index (χ2v) is 10.5. The number of halogens is 1. The lowest BCUT2D eigenvalue weighted by atomic mass is 9.88. The summed E-state index contributed by atoms with van der Waals surface area (Å²) in [6.45, 7) is 1.18. The lowest BCUT2D eigenvalue weighted by Crippen LogP contribution is -2.35. The summed E-state index contributed by atoms with van der Waals surface area (Å²) in [5.74, 6) is -0.252. The van der Waals surface area contributed by atoms with E-state index in [9.17, 15) is 13.2 Å². The third kappa shape index (κ3) is 5.12. The van der Waals surface area contributed by atoms with Crippen LogP contribution in [0.25, 0.3) is 0 Å². The standard InChI is InChI=1S/C23H28ClN3O3S/c24-20-12-11-18(31(29,30)27-13-4-1-5-14-27)15-22(20)26-23(28)16-25-21-10-6-8-17-7-2-3-9-19(17)21/h2-3,7,9,11-12,15,21,25H,1,4-6,8,10,13-14,16H2,(H,26,28). The van der Waals surface area contributed by atoms with Gasteiger partial charge in [-0.05, 0) is 61.4 Å². The number of fused-ring (bicyclic) bond motifs is 1. The SMILES string of the molecule is O=C(CNC1CCCc2ccccc21)Nc1cc(S(=O)(=O)N2CCCCC2)ccc1Cl. The molecule has 1 aliphatic carbocycles. The molecule has 1 unspecified atom stereocenters. The van der Waals surface area contributed by atoms with Crippen LogP contribution < -0.4 is 10.6 Å². The highest BCUT2D eigenvalue weighted by Gasteiger charge is 2.27. The number of anilines is 1. The molecule has 6 nitrogen and oxygen atoms in total. The Balaban J connectivity index is 1.42. The molecule has 2 aromatic rings. The summed E-state index contributed by atoms with van der Waals surface area (Å²) in [4.78, 5) is 12.7. The molecule has 1 atom stereocenters. The molecule has 166 valence electrons. The van der Waals surface area contributed by atoms with Crippen LogP contribution in [0.3, 0.4) is 0 Å². The maximum Gasteiger partial charge on any atom is 0.243 e. The van der Waals surface area contributed by atoms with Crippen molar-refractivity contribution in [3.8, 4) is 0 Å². The minimum atomic E-state index is -3.59. The zero-order chi connectivity index (χ0) is 21.8. The molecular formula is C23H28ClN3O3S. The van der Waals surface area contributed by atoms with Crippen LogP contribution in [0.1, 0.15) is 49.3 Å². The average Bonchev–Trinajstić information content (AvgIpc) is 2.79. The summed E-state index contributed by atoms with van der Waals surface area (Å²) >= 11 is 6.25. The van der Waals surface area contributed by atoms with Gasteiger partial charge in [-0.15, -0.1) is 0 Å². The van der Waals surface area contributed by atoms with Crippen molar-refractivity contribution in [1.29, 1.82) is 0 Å². The Morgan fingerprint density at radius 3 is 2.65 bits per heavy atom. The summed E-state index contributed by atoms with van der Waals surface area (Å²) in [7, 11) is -3.59. The number of hydrogen-bond donors (Lipinski definition) is 2. The Morgan fingerprint density at radius 1 is 1.06 bits per heavy atom. The largest absolute Gasteiger partial charge is 0.324 e. The zero-order valence-electron chi connectivity index (χ0n) is 17.4. The maximum atomic E-state index is 12.9. The van der Waals surface area contributed by atoms with Crippen LogP contribution in [-0.2, 0) is 21.2 Å². The van der Waals surface area contributed by atoms with Gasteiger partial charge in [-0.1, -0.05) is 42.3 Å². The van der Waals surface area contributed by atoms with Crippen LogP contribution in [0.4, 0.5) is 5.69 Å². The van der Waals surface area contributed by atoms with E-state index in [4.69, 9.17) is 11.6 Å². The Kier molecular flexibility index (Phi) is 6.96. The van der Waals surface area contributed by atoms with Crippen LogP contribution in [0, 0.1) is 0 Å². The fourth-order valence-corrected chi connectivity index (χ4v) is 6.10. The van der Waals surface area contributed by atoms with Crippen molar-refractivity contribution in [3.63, 3.8) is 0 Å². The van der Waals surface area contributed by atoms with E-state index in [0.717, 1.165) is 38.5 Å². The normalized spacial score (nSPS) is 19.6. The van der Waals surface area contributed by atoms with E-state index in [1.165, 1.54) is 33.6 Å². The van der Waals surface area contributed by atoms with Gasteiger partial charge in [0.15, 0.2) is 0 Å². The number of aryl methyl sites for hydroxylation is 1. The second-order valence-electron chi connectivity index (χ2n) is 8.18. The number of hydrogen-bond acceptors (Lipinski definition) is 4. The molecule has 1 aliphatic heterocycles. The number of amides is 1. The van der Waals surface area contributed by atoms with Gasteiger partial charge in [-0.2, -0.15) is 4.31 Å². The van der Waals surface area contributed by atoms with Crippen LogP contribution in [0.5, 0.6) is 0 Å². The molecule has 0 spiro atoms. The summed E-state index contributed by atoms with van der Waals surface area (Å²) < 4.78 is 27.4. The van der Waals surface area contributed by atoms with E-state index >= 15 is 0 Å². The predicted molar refractivity (Wildman–Crippen MR) is 123 cm³/mol. The Morgan fingerprint density at radius 2 is 1.84 bits per heavy atom. The number of nitrogens with one attached hydrogen (secondary N) is 2. The molecule has 2 aliphatic rings. The van der Waals surface area contributed by atoms with E-state index < -0.39 is 10.0 Å². The minimum Gasteiger partial charge on any atom is -0.324 e. The Bertz CT molecular complexity index is 1050. The molecular weight excluding hydrogens is 434 g/mol. The number of carbonyl (C=O) groups excluding carboxylic acids is 1. The van der Waals surface area contributed by atoms with Crippen LogP contribution in [0.15, 0.2) is 47.4 Å². The first-order valence-corrected chi connectivity index (χ1v) is 12.7. The molecule has 1 heterocycles. The fraction of sp³-hybridized carbons (Fsp3) is 0.435. The Labute approximate surface area is 189 Å². The number of sulfonamides is 1. The molecule has 4 rings (SSSR count). The lowest BCUT2D eigenvalue weighted by Gasteiger charge is -2.26. The van der Waals surface area contributed by atoms with Crippen molar-refractivity contribution in [2.75, 3.05) is 25.0 Å². The number of rotatable bonds is 6. The van der Waals surface area contributed by atoms with E-state index in [1.54, 1.807) is 0 Å². The summed E-state index contributed by atoms with van der Waals surface area (Å²) in [5, 5.41) is 6.42. The zero-order valence-corrected chi connectivity index (χ0v) is 19.0. The molecule has 0 saturated carbocycles. The lowest BCUT2D eigenvalue weighted by molar-refractivity contribution is -0.115. The first-order chi connectivity index (χ1) is 14.9. The summed E-state index contributed by atoms with van der Waals surface area (Å²) in [6.07, 6.45) is 5.91. The Hall–Kier alpha value is -1.93. The third-order valence-corrected chi connectivity index (χ3v) is 8.27. The van der Waals surface area contributed by atoms with Crippen molar-refractivity contribution in [2.24, 2.45) is 0 Å². The van der Waals surface area contributed by atoms with Gasteiger partial charge in [0, 0.05) is 19.1 Å². The van der Waals surface area contributed by atoms with Crippen molar-refractivity contribution in [3.05, 3.63) is 58.6 Å². The van der Waals surface area contributed by atoms with Gasteiger partial charge in [0.2, 0.25) is 15.9 Å². The highest BCUT2D eigenvalue weighted by molar-refractivity contribution is 7.89. The molecule has 8 heteroatoms. The molecule has 0 bridgehead atoms. The first-order valence-electron chi connectivity index (χ1n) is 10.9. The molecule has 1 amide bonds. The van der Waals surface area contributed by atoms with E-state index in [1.807, 2.05) is 12.1 Å². The number of carbonyl (C=O) groups is 1. The monoisotopic (exact) mass is 461 g/mol. The highest BCUT2D eigenvalue weighted by atomic mass is 35.5. The van der Waals surface area contributed by atoms with Crippen LogP contribution in [-0.4, -0.2) is 38.3 Å². The third-order valence-electron chi connectivity index (χ3n) is 6.04. The smallest absolute Gasteiger partial charge is 0.243 e. The first kappa shape index (κ1) is 22.3. The van der Waals surface area contributed by atoms with Crippen LogP contribution in [0.2, 0.25) is 5.02 Å². The van der Waals surface area contributed by atoms with Gasteiger partial charge in [0.1, 0.15) is 0 Å². The second kappa shape index (κ2) is 9.69. The molecule has 1 fully saturated rings. The van der Waals surface area contributed by atoms with Gasteiger partial charge in [0.25, 0.3) is 0 Å². The van der Waals surface area contributed by atoms with Gasteiger partial charge >= 0.3 is 0 Å². The molecule has 2 aromatic carbocycles. The van der Waals surface area contributed by atoms with E-state index in [-0.39, 0.29) is 23.4 Å². The summed E-state index contributed by atoms with van der Waals surface area (Å²) in [6, 6.07) is 12.9. The highest BCUT2D eigenvalue weighted by Crippen LogP contribution is 2.30. The van der Waals surface area contributed by atoms with E-state index in [2.05, 4.69) is 22.8 Å². The molecule has 0 aromatic heterocycles. The quantitative estimate of drug-likeness (QED) is 0.678. The number of benzene rings is 2. The molecule has 31 heavy (non-hydrogen) atoms. The van der Waals surface area contributed by atoms with Crippen molar-refractivity contribution >= 4 is 33.2 Å². The van der Waals surface area contributed by atoms with Crippen molar-refractivity contribution in [1.82, 2.24) is 9.62 Å². The maximum absolute atomic E-state index is 12.9. The molecule has 0 radical (unpaired) electrons. The predicted octanol–water partition coefficient (Wildman–Crippen LogP) is 4.12.